The molecule has 1 amide bonds. The van der Waals surface area contributed by atoms with Crippen molar-refractivity contribution in [2.45, 2.75) is 57.0 Å². The maximum absolute atomic E-state index is 11.4. The molecule has 0 atom stereocenters. The second-order valence-corrected chi connectivity index (χ2v) is 7.81. The largest absolute Gasteiger partial charge is 0.465 e. The molecule has 1 fully saturated rings. The molecule has 5 heteroatoms. The maximum Gasteiger partial charge on any atom is 0.405 e. The molecule has 0 aliphatic heterocycles. The summed E-state index contributed by atoms with van der Waals surface area (Å²) >= 11 is 0. The van der Waals surface area contributed by atoms with Crippen molar-refractivity contribution in [1.29, 1.82) is 0 Å². The quantitative estimate of drug-likeness (QED) is 0.628. The molecular weight excluding hydrogens is 350 g/mol. The van der Waals surface area contributed by atoms with Gasteiger partial charge in [0.2, 0.25) is 0 Å². The Bertz CT molecular complexity index is 943. The molecule has 28 heavy (non-hydrogen) atoms. The van der Waals surface area contributed by atoms with Gasteiger partial charge in [0.05, 0.1) is 5.54 Å². The first-order valence-corrected chi connectivity index (χ1v) is 10.2. The van der Waals surface area contributed by atoms with Crippen LogP contribution in [0.3, 0.4) is 0 Å². The van der Waals surface area contributed by atoms with E-state index in [1.54, 1.807) is 0 Å². The summed E-state index contributed by atoms with van der Waals surface area (Å²) in [6.07, 6.45) is 12.0. The van der Waals surface area contributed by atoms with E-state index in [9.17, 15) is 9.90 Å². The molecular formula is C23H27N3O2. The van der Waals surface area contributed by atoms with Gasteiger partial charge in [-0.15, -0.1) is 0 Å². The van der Waals surface area contributed by atoms with Crippen molar-refractivity contribution in [3.8, 4) is 0 Å². The number of aryl methyl sites for hydroxylation is 2. The van der Waals surface area contributed by atoms with Crippen LogP contribution in [0, 0.1) is 0 Å². The van der Waals surface area contributed by atoms with Crippen LogP contribution in [0.15, 0.2) is 55.0 Å². The van der Waals surface area contributed by atoms with Gasteiger partial charge < -0.3 is 15.0 Å². The molecule has 5 nitrogen and oxygen atoms in total. The number of amides is 1. The van der Waals surface area contributed by atoms with Crippen molar-refractivity contribution in [2.75, 3.05) is 0 Å². The number of carbonyl (C=O) groups is 1. The minimum Gasteiger partial charge on any atom is -0.465 e. The zero-order chi connectivity index (χ0) is 19.4. The number of hydrogen-bond acceptors (Lipinski definition) is 2. The van der Waals surface area contributed by atoms with E-state index in [2.05, 4.69) is 57.5 Å². The maximum atomic E-state index is 11.4. The second-order valence-electron chi connectivity index (χ2n) is 7.81. The Kier molecular flexibility index (Phi) is 5.33. The molecule has 1 saturated carbocycles. The van der Waals surface area contributed by atoms with Crippen molar-refractivity contribution in [2.24, 2.45) is 0 Å². The lowest BCUT2D eigenvalue weighted by Crippen LogP contribution is -2.46. The SMILES string of the molecule is O=C(O)NC1(c2ccc3c(ccn3CCCc3ccncc3)c2)CCCCC1. The van der Waals surface area contributed by atoms with Crippen molar-refractivity contribution in [3.05, 3.63) is 66.1 Å². The zero-order valence-electron chi connectivity index (χ0n) is 16.1. The number of fused-ring (bicyclic) bond motifs is 1. The van der Waals surface area contributed by atoms with Gasteiger partial charge in [-0.3, -0.25) is 4.98 Å². The van der Waals surface area contributed by atoms with E-state index in [0.29, 0.717) is 0 Å². The summed E-state index contributed by atoms with van der Waals surface area (Å²) in [5.74, 6) is 0. The van der Waals surface area contributed by atoms with Crippen LogP contribution in [0.4, 0.5) is 4.79 Å². The van der Waals surface area contributed by atoms with Crippen molar-refractivity contribution < 1.29 is 9.90 Å². The molecule has 2 heterocycles. The average Bonchev–Trinajstić information content (AvgIpc) is 3.11. The fraction of sp³-hybridized carbons (Fsp3) is 0.391. The van der Waals surface area contributed by atoms with E-state index in [0.717, 1.165) is 50.6 Å². The third-order valence-corrected chi connectivity index (χ3v) is 5.99. The highest BCUT2D eigenvalue weighted by Crippen LogP contribution is 2.38. The first-order chi connectivity index (χ1) is 13.7. The highest BCUT2D eigenvalue weighted by atomic mass is 16.4. The number of benzene rings is 1. The average molecular weight is 377 g/mol. The summed E-state index contributed by atoms with van der Waals surface area (Å²) in [6, 6.07) is 12.7. The lowest BCUT2D eigenvalue weighted by molar-refractivity contribution is 0.162. The summed E-state index contributed by atoms with van der Waals surface area (Å²) in [7, 11) is 0. The van der Waals surface area contributed by atoms with Gasteiger partial charge in [-0.05, 0) is 72.5 Å². The summed E-state index contributed by atoms with van der Waals surface area (Å²) < 4.78 is 2.29. The van der Waals surface area contributed by atoms with E-state index in [-0.39, 0.29) is 0 Å². The monoisotopic (exact) mass is 377 g/mol. The fourth-order valence-corrected chi connectivity index (χ4v) is 4.54. The van der Waals surface area contributed by atoms with Crippen molar-refractivity contribution in [3.63, 3.8) is 0 Å². The minimum absolute atomic E-state index is 0.443. The third-order valence-electron chi connectivity index (χ3n) is 5.99. The van der Waals surface area contributed by atoms with Crippen LogP contribution >= 0.6 is 0 Å². The highest BCUT2D eigenvalue weighted by molar-refractivity contribution is 5.81. The molecule has 1 aliphatic rings. The summed E-state index contributed by atoms with van der Waals surface area (Å²) in [4.78, 5) is 15.5. The number of nitrogens with zero attached hydrogens (tertiary/aromatic N) is 2. The van der Waals surface area contributed by atoms with Gasteiger partial charge >= 0.3 is 6.09 Å². The summed E-state index contributed by atoms with van der Waals surface area (Å²) in [6.45, 7) is 0.962. The number of nitrogens with one attached hydrogen (secondary N) is 1. The molecule has 4 rings (SSSR count). The van der Waals surface area contributed by atoms with Crippen LogP contribution in [-0.4, -0.2) is 20.8 Å². The molecule has 3 aromatic rings. The second kappa shape index (κ2) is 8.05. The molecule has 1 aliphatic carbocycles. The van der Waals surface area contributed by atoms with Crippen LogP contribution in [0.1, 0.15) is 49.7 Å². The van der Waals surface area contributed by atoms with E-state index in [1.807, 2.05) is 12.4 Å². The fourth-order valence-electron chi connectivity index (χ4n) is 4.54. The van der Waals surface area contributed by atoms with Crippen molar-refractivity contribution in [1.82, 2.24) is 14.9 Å². The predicted molar refractivity (Wildman–Crippen MR) is 110 cm³/mol. The lowest BCUT2D eigenvalue weighted by Gasteiger charge is -2.37. The predicted octanol–water partition coefficient (Wildman–Crippen LogP) is 5.10. The first-order valence-electron chi connectivity index (χ1n) is 10.2. The van der Waals surface area contributed by atoms with Crippen LogP contribution < -0.4 is 5.32 Å². The zero-order valence-corrected chi connectivity index (χ0v) is 16.1. The Morgan fingerprint density at radius 2 is 1.89 bits per heavy atom. The molecule has 0 unspecified atom stereocenters. The van der Waals surface area contributed by atoms with Crippen LogP contribution in [0.2, 0.25) is 0 Å². The van der Waals surface area contributed by atoms with Crippen LogP contribution in [0.25, 0.3) is 10.9 Å². The highest BCUT2D eigenvalue weighted by Gasteiger charge is 2.35. The summed E-state index contributed by atoms with van der Waals surface area (Å²) in [5, 5.41) is 13.4. The molecule has 1 aromatic carbocycles. The molecule has 146 valence electrons. The van der Waals surface area contributed by atoms with Gasteiger partial charge in [-0.25, -0.2) is 4.79 Å². The number of pyridine rings is 1. The standard InChI is InChI=1S/C23H27N3O2/c27-22(28)25-23(11-2-1-3-12-23)20-6-7-21-19(17-20)10-16-26(21)15-4-5-18-8-13-24-14-9-18/h6-10,13-14,16-17,25H,1-5,11-12,15H2,(H,27,28). The van der Waals surface area contributed by atoms with Crippen LogP contribution in [0.5, 0.6) is 0 Å². The number of hydrogen-bond donors (Lipinski definition) is 2. The first kappa shape index (κ1) is 18.5. The minimum atomic E-state index is -0.935. The lowest BCUT2D eigenvalue weighted by atomic mass is 9.76. The van der Waals surface area contributed by atoms with E-state index in [4.69, 9.17) is 0 Å². The van der Waals surface area contributed by atoms with Gasteiger partial charge in [0, 0.05) is 30.7 Å². The Morgan fingerprint density at radius 1 is 1.11 bits per heavy atom. The van der Waals surface area contributed by atoms with E-state index in [1.165, 1.54) is 22.9 Å². The van der Waals surface area contributed by atoms with Crippen LogP contribution in [-0.2, 0) is 18.5 Å². The topological polar surface area (TPSA) is 67.2 Å². The van der Waals surface area contributed by atoms with Gasteiger partial charge in [-0.2, -0.15) is 0 Å². The normalized spacial score (nSPS) is 16.1. The smallest absolute Gasteiger partial charge is 0.405 e. The third kappa shape index (κ3) is 3.88. The van der Waals surface area contributed by atoms with Gasteiger partial charge in [0.1, 0.15) is 0 Å². The van der Waals surface area contributed by atoms with E-state index >= 15 is 0 Å². The Labute approximate surface area is 165 Å². The Hall–Kier alpha value is -2.82. The van der Waals surface area contributed by atoms with Gasteiger partial charge in [0.15, 0.2) is 0 Å². The molecule has 0 radical (unpaired) electrons. The molecule has 0 bridgehead atoms. The molecule has 0 saturated heterocycles. The van der Waals surface area contributed by atoms with Gasteiger partial charge in [0.25, 0.3) is 0 Å². The van der Waals surface area contributed by atoms with E-state index < -0.39 is 11.6 Å². The molecule has 0 spiro atoms. The number of aromatic nitrogens is 2. The Morgan fingerprint density at radius 3 is 2.64 bits per heavy atom. The molecule has 2 N–H and O–H groups in total. The Balaban J connectivity index is 1.52. The molecule has 2 aromatic heterocycles. The summed E-state index contributed by atoms with van der Waals surface area (Å²) in [5.41, 5.74) is 3.17. The number of carboxylic acid groups (broad SMARTS) is 1. The number of rotatable bonds is 6. The van der Waals surface area contributed by atoms with Gasteiger partial charge in [-0.1, -0.05) is 25.3 Å². The van der Waals surface area contributed by atoms with Crippen molar-refractivity contribution >= 4 is 17.0 Å².